The van der Waals surface area contributed by atoms with E-state index in [2.05, 4.69) is 4.74 Å². The van der Waals surface area contributed by atoms with E-state index in [-0.39, 0.29) is 11.6 Å². The molecule has 1 aromatic carbocycles. The maximum atomic E-state index is 12.5. The monoisotopic (exact) mass is 286 g/mol. The quantitative estimate of drug-likeness (QED) is 0.611. The van der Waals surface area contributed by atoms with Gasteiger partial charge in [0, 0.05) is 6.92 Å². The van der Waals surface area contributed by atoms with E-state index in [1.165, 1.54) is 0 Å². The molecule has 0 heterocycles. The molecule has 106 valence electrons. The van der Waals surface area contributed by atoms with Crippen molar-refractivity contribution < 1.29 is 35.9 Å². The first-order chi connectivity index (χ1) is 8.50. The van der Waals surface area contributed by atoms with Crippen molar-refractivity contribution in [2.24, 2.45) is 0 Å². The van der Waals surface area contributed by atoms with E-state index in [0.29, 0.717) is 12.1 Å². The van der Waals surface area contributed by atoms with Gasteiger partial charge in [-0.25, -0.2) is 0 Å². The topological polar surface area (TPSA) is 26.3 Å². The maximum absolute atomic E-state index is 12.5. The van der Waals surface area contributed by atoms with Crippen LogP contribution in [0.1, 0.15) is 23.6 Å². The van der Waals surface area contributed by atoms with Crippen LogP contribution in [0.15, 0.2) is 18.2 Å². The van der Waals surface area contributed by atoms with Crippen LogP contribution >= 0.6 is 0 Å². The lowest BCUT2D eigenvalue weighted by atomic mass is 10.1. The minimum Gasteiger partial charge on any atom is -0.461 e. The molecule has 0 amide bonds. The summed E-state index contributed by atoms with van der Waals surface area (Å²) in [5, 5.41) is 0. The summed E-state index contributed by atoms with van der Waals surface area (Å²) in [6.45, 7) is 0.348. The Morgan fingerprint density at radius 1 is 1.00 bits per heavy atom. The molecule has 0 aromatic heterocycles. The van der Waals surface area contributed by atoms with Crippen LogP contribution in [-0.2, 0) is 28.5 Å². The summed E-state index contributed by atoms with van der Waals surface area (Å²) in [7, 11) is 0. The minimum atomic E-state index is -4.91. The van der Waals surface area contributed by atoms with Crippen LogP contribution in [-0.4, -0.2) is 5.97 Å². The fourth-order valence-electron chi connectivity index (χ4n) is 1.29. The molecule has 0 radical (unpaired) electrons. The molecule has 0 saturated carbocycles. The van der Waals surface area contributed by atoms with Crippen LogP contribution < -0.4 is 0 Å². The van der Waals surface area contributed by atoms with Crippen LogP contribution in [0.4, 0.5) is 26.3 Å². The zero-order valence-corrected chi connectivity index (χ0v) is 9.52. The number of esters is 1. The van der Waals surface area contributed by atoms with Gasteiger partial charge in [-0.2, -0.15) is 26.3 Å². The van der Waals surface area contributed by atoms with Crippen LogP contribution in [0.25, 0.3) is 0 Å². The number of carbonyl (C=O) groups excluding carboxylic acids is 1. The van der Waals surface area contributed by atoms with Gasteiger partial charge in [-0.15, -0.1) is 0 Å². The molecule has 0 aliphatic carbocycles. The largest absolute Gasteiger partial charge is 0.461 e. The Kier molecular flexibility index (Phi) is 4.12. The van der Waals surface area contributed by atoms with Crippen molar-refractivity contribution >= 4 is 5.97 Å². The molecule has 0 bridgehead atoms. The molecule has 1 aromatic rings. The Morgan fingerprint density at radius 2 is 1.42 bits per heavy atom. The van der Waals surface area contributed by atoms with E-state index >= 15 is 0 Å². The molecule has 0 atom stereocenters. The molecule has 0 unspecified atom stereocenters. The van der Waals surface area contributed by atoms with Gasteiger partial charge in [-0.3, -0.25) is 4.79 Å². The van der Waals surface area contributed by atoms with E-state index in [0.717, 1.165) is 6.92 Å². The van der Waals surface area contributed by atoms with Crippen molar-refractivity contribution in [3.63, 3.8) is 0 Å². The zero-order chi connectivity index (χ0) is 14.8. The number of carbonyl (C=O) groups is 1. The Hall–Kier alpha value is -1.73. The van der Waals surface area contributed by atoms with E-state index < -0.39 is 36.1 Å². The molecule has 8 heteroatoms. The van der Waals surface area contributed by atoms with Gasteiger partial charge in [-0.05, 0) is 23.8 Å². The molecule has 0 saturated heterocycles. The number of hydrogen-bond acceptors (Lipinski definition) is 2. The Labute approximate surface area is 104 Å². The number of ether oxygens (including phenoxy) is 1. The van der Waals surface area contributed by atoms with Crippen LogP contribution in [0, 0.1) is 0 Å². The van der Waals surface area contributed by atoms with Crippen molar-refractivity contribution in [2.75, 3.05) is 0 Å². The maximum Gasteiger partial charge on any atom is 0.416 e. The third-order valence-corrected chi connectivity index (χ3v) is 2.09. The summed E-state index contributed by atoms with van der Waals surface area (Å²) in [5.74, 6) is -0.800. The summed E-state index contributed by atoms with van der Waals surface area (Å²) in [6, 6.07) is 1.04. The number of alkyl halides is 6. The second-order valence-electron chi connectivity index (χ2n) is 3.69. The van der Waals surface area contributed by atoms with Crippen molar-refractivity contribution in [1.29, 1.82) is 0 Å². The highest BCUT2D eigenvalue weighted by atomic mass is 19.4. The van der Waals surface area contributed by atoms with Gasteiger partial charge in [0.1, 0.15) is 6.61 Å². The summed E-state index contributed by atoms with van der Waals surface area (Å²) in [5.41, 5.74) is -3.26. The van der Waals surface area contributed by atoms with Crippen molar-refractivity contribution in [3.8, 4) is 0 Å². The van der Waals surface area contributed by atoms with Crippen LogP contribution in [0.2, 0.25) is 0 Å². The van der Waals surface area contributed by atoms with Crippen molar-refractivity contribution in [1.82, 2.24) is 0 Å². The number of hydrogen-bond donors (Lipinski definition) is 0. The van der Waals surface area contributed by atoms with Crippen molar-refractivity contribution in [2.45, 2.75) is 25.9 Å². The highest BCUT2D eigenvalue weighted by molar-refractivity contribution is 5.65. The van der Waals surface area contributed by atoms with Crippen LogP contribution in [0.5, 0.6) is 0 Å². The first kappa shape index (κ1) is 15.3. The first-order valence-electron chi connectivity index (χ1n) is 4.92. The van der Waals surface area contributed by atoms with E-state index in [1.807, 2.05) is 0 Å². The van der Waals surface area contributed by atoms with Gasteiger partial charge in [-0.1, -0.05) is 0 Å². The van der Waals surface area contributed by atoms with E-state index in [4.69, 9.17) is 0 Å². The predicted octanol–water partition coefficient (Wildman–Crippen LogP) is 3.79. The Morgan fingerprint density at radius 3 is 1.74 bits per heavy atom. The normalized spacial score (nSPS) is 12.4. The third kappa shape index (κ3) is 4.46. The molecular weight excluding hydrogens is 278 g/mol. The second kappa shape index (κ2) is 5.10. The van der Waals surface area contributed by atoms with Crippen molar-refractivity contribution in [3.05, 3.63) is 34.9 Å². The molecule has 0 aliphatic heterocycles. The highest BCUT2D eigenvalue weighted by Crippen LogP contribution is 2.36. The van der Waals surface area contributed by atoms with Gasteiger partial charge in [0.25, 0.3) is 0 Å². The third-order valence-electron chi connectivity index (χ3n) is 2.09. The predicted molar refractivity (Wildman–Crippen MR) is 51.9 cm³/mol. The van der Waals surface area contributed by atoms with Gasteiger partial charge in [0.15, 0.2) is 0 Å². The average molecular weight is 286 g/mol. The van der Waals surface area contributed by atoms with Gasteiger partial charge in [0.2, 0.25) is 0 Å². The van der Waals surface area contributed by atoms with Gasteiger partial charge in [0.05, 0.1) is 11.1 Å². The van der Waals surface area contributed by atoms with Gasteiger partial charge < -0.3 is 4.74 Å². The van der Waals surface area contributed by atoms with Crippen LogP contribution in [0.3, 0.4) is 0 Å². The van der Waals surface area contributed by atoms with E-state index in [1.54, 1.807) is 0 Å². The fraction of sp³-hybridized carbons (Fsp3) is 0.364. The smallest absolute Gasteiger partial charge is 0.416 e. The summed E-state index contributed by atoms with van der Waals surface area (Å²) in [4.78, 5) is 10.5. The molecule has 0 spiro atoms. The average Bonchev–Trinajstić information content (AvgIpc) is 2.23. The van der Waals surface area contributed by atoms with Gasteiger partial charge >= 0.3 is 18.3 Å². The highest BCUT2D eigenvalue weighted by Gasteiger charge is 2.36. The lowest BCUT2D eigenvalue weighted by Crippen LogP contribution is -2.12. The lowest BCUT2D eigenvalue weighted by Gasteiger charge is -2.14. The Bertz CT molecular complexity index is 443. The summed E-state index contributed by atoms with van der Waals surface area (Å²) >= 11 is 0. The minimum absolute atomic E-state index is 0.0112. The number of halogens is 6. The van der Waals surface area contributed by atoms with E-state index in [9.17, 15) is 31.1 Å². The zero-order valence-electron chi connectivity index (χ0n) is 9.52. The summed E-state index contributed by atoms with van der Waals surface area (Å²) in [6.07, 6.45) is -9.82. The lowest BCUT2D eigenvalue weighted by molar-refractivity contribution is -0.143. The number of benzene rings is 1. The molecular formula is C11H8F6O2. The summed E-state index contributed by atoms with van der Waals surface area (Å²) < 4.78 is 79.1. The molecule has 2 nitrogen and oxygen atoms in total. The standard InChI is InChI=1S/C11H8F6O2/c1-6(18)19-5-7-2-8(10(12,13)14)4-9(3-7)11(15,16)17/h2-4H,5H2,1H3. The molecule has 0 aliphatic rings. The fourth-order valence-corrected chi connectivity index (χ4v) is 1.29. The molecule has 1 rings (SSSR count). The molecule has 0 N–H and O–H groups in total. The number of rotatable bonds is 2. The Balaban J connectivity index is 3.21. The molecule has 0 fully saturated rings. The second-order valence-corrected chi connectivity index (χ2v) is 3.69. The first-order valence-corrected chi connectivity index (χ1v) is 4.92. The molecule has 19 heavy (non-hydrogen) atoms. The SMILES string of the molecule is CC(=O)OCc1cc(C(F)(F)F)cc(C(F)(F)F)c1.